The van der Waals surface area contributed by atoms with Crippen molar-refractivity contribution in [2.45, 2.75) is 30.3 Å². The summed E-state index contributed by atoms with van der Waals surface area (Å²) in [6.45, 7) is 3.02. The number of amides is 1. The summed E-state index contributed by atoms with van der Waals surface area (Å²) >= 11 is 19.7. The highest BCUT2D eigenvalue weighted by Crippen LogP contribution is 2.31. The molecule has 3 rings (SSSR count). The highest BCUT2D eigenvalue weighted by atomic mass is 35.5. The first-order valence-electron chi connectivity index (χ1n) is 9.49. The van der Waals surface area contributed by atoms with E-state index in [1.165, 1.54) is 11.8 Å². The highest BCUT2D eigenvalue weighted by molar-refractivity contribution is 8.00. The molecule has 0 saturated heterocycles. The quantitative estimate of drug-likeness (QED) is 0.286. The van der Waals surface area contributed by atoms with Gasteiger partial charge in [-0.1, -0.05) is 58.7 Å². The molecule has 0 fully saturated rings. The number of carbonyl (C=O) groups excluding carboxylic acids is 1. The fourth-order valence-electron chi connectivity index (χ4n) is 2.87. The Bertz CT molecular complexity index is 1040. The summed E-state index contributed by atoms with van der Waals surface area (Å²) in [7, 11) is 1.66. The molecule has 0 aliphatic heterocycles. The van der Waals surface area contributed by atoms with Crippen LogP contribution in [0.2, 0.25) is 15.1 Å². The lowest BCUT2D eigenvalue weighted by molar-refractivity contribution is -0.115. The second kappa shape index (κ2) is 11.2. The van der Waals surface area contributed by atoms with Gasteiger partial charge in [0.1, 0.15) is 0 Å². The highest BCUT2D eigenvalue weighted by Gasteiger charge is 2.22. The topological polar surface area (TPSA) is 69.0 Å². The van der Waals surface area contributed by atoms with Gasteiger partial charge < -0.3 is 14.6 Å². The molecule has 164 valence electrons. The molecule has 0 saturated carbocycles. The fourth-order valence-corrected chi connectivity index (χ4v) is 4.49. The van der Waals surface area contributed by atoms with Gasteiger partial charge in [0.15, 0.2) is 11.0 Å². The Kier molecular flexibility index (Phi) is 8.63. The number of carbonyl (C=O) groups is 1. The number of ether oxygens (including phenoxy) is 1. The average Bonchev–Trinajstić information content (AvgIpc) is 3.10. The summed E-state index contributed by atoms with van der Waals surface area (Å²) in [6, 6.07) is 12.4. The minimum atomic E-state index is -0.442. The second-order valence-electron chi connectivity index (χ2n) is 6.69. The predicted molar refractivity (Wildman–Crippen MR) is 127 cm³/mol. The molecule has 1 heterocycles. The maximum Gasteiger partial charge on any atom is 0.237 e. The molecule has 3 aromatic rings. The van der Waals surface area contributed by atoms with Crippen molar-refractivity contribution in [3.8, 4) is 11.4 Å². The van der Waals surface area contributed by atoms with Crippen molar-refractivity contribution in [3.63, 3.8) is 0 Å². The number of aromatic nitrogens is 3. The van der Waals surface area contributed by atoms with Crippen molar-refractivity contribution in [2.24, 2.45) is 0 Å². The van der Waals surface area contributed by atoms with E-state index in [4.69, 9.17) is 39.5 Å². The SMILES string of the molecule is COCCCn1c(SC(C)C(=O)Nc2cc(Cl)cc(Cl)c2)nnc1-c1ccccc1Cl. The van der Waals surface area contributed by atoms with Crippen LogP contribution in [0.1, 0.15) is 13.3 Å². The Morgan fingerprint density at radius 1 is 1.16 bits per heavy atom. The molecule has 1 N–H and O–H groups in total. The fraction of sp³-hybridized carbons (Fsp3) is 0.286. The number of nitrogens with zero attached hydrogens (tertiary/aromatic N) is 3. The van der Waals surface area contributed by atoms with Crippen LogP contribution in [-0.4, -0.2) is 39.6 Å². The first-order chi connectivity index (χ1) is 14.9. The maximum atomic E-state index is 12.7. The van der Waals surface area contributed by atoms with E-state index in [1.807, 2.05) is 28.8 Å². The summed E-state index contributed by atoms with van der Waals surface area (Å²) in [5.41, 5.74) is 1.32. The number of thioether (sulfide) groups is 1. The van der Waals surface area contributed by atoms with Crippen molar-refractivity contribution in [1.29, 1.82) is 0 Å². The smallest absolute Gasteiger partial charge is 0.237 e. The van der Waals surface area contributed by atoms with Crippen molar-refractivity contribution >= 4 is 58.2 Å². The maximum absolute atomic E-state index is 12.7. The summed E-state index contributed by atoms with van der Waals surface area (Å²) < 4.78 is 7.14. The summed E-state index contributed by atoms with van der Waals surface area (Å²) in [5.74, 6) is 0.451. The van der Waals surface area contributed by atoms with Gasteiger partial charge in [0.2, 0.25) is 5.91 Å². The molecule has 0 aliphatic rings. The molecule has 0 radical (unpaired) electrons. The summed E-state index contributed by atoms with van der Waals surface area (Å²) in [6.07, 6.45) is 0.765. The van der Waals surface area contributed by atoms with Crippen molar-refractivity contribution in [3.05, 3.63) is 57.5 Å². The van der Waals surface area contributed by atoms with E-state index >= 15 is 0 Å². The number of methoxy groups -OCH3 is 1. The van der Waals surface area contributed by atoms with Crippen LogP contribution >= 0.6 is 46.6 Å². The molecular formula is C21H21Cl3N4O2S. The van der Waals surface area contributed by atoms with Gasteiger partial charge >= 0.3 is 0 Å². The molecule has 1 atom stereocenters. The molecule has 0 aliphatic carbocycles. The zero-order valence-electron chi connectivity index (χ0n) is 16.9. The second-order valence-corrected chi connectivity index (χ2v) is 9.28. The number of nitrogens with one attached hydrogen (secondary N) is 1. The van der Waals surface area contributed by atoms with Gasteiger partial charge in [0, 0.05) is 41.6 Å². The predicted octanol–water partition coefficient (Wildman–Crippen LogP) is 6.06. The minimum Gasteiger partial charge on any atom is -0.385 e. The molecule has 10 heteroatoms. The van der Waals surface area contributed by atoms with E-state index < -0.39 is 5.25 Å². The van der Waals surface area contributed by atoms with Gasteiger partial charge in [-0.3, -0.25) is 4.79 Å². The van der Waals surface area contributed by atoms with Crippen LogP contribution in [0, 0.1) is 0 Å². The first-order valence-corrected chi connectivity index (χ1v) is 11.5. The van der Waals surface area contributed by atoms with E-state index in [0.717, 1.165) is 12.0 Å². The van der Waals surface area contributed by atoms with Gasteiger partial charge in [0.05, 0.1) is 10.3 Å². The van der Waals surface area contributed by atoms with Crippen LogP contribution in [0.5, 0.6) is 0 Å². The Balaban J connectivity index is 1.80. The van der Waals surface area contributed by atoms with Gasteiger partial charge in [-0.2, -0.15) is 0 Å². The van der Waals surface area contributed by atoms with Crippen LogP contribution in [-0.2, 0) is 16.1 Å². The van der Waals surface area contributed by atoms with Gasteiger partial charge in [-0.05, 0) is 43.7 Å². The largest absolute Gasteiger partial charge is 0.385 e. The van der Waals surface area contributed by atoms with E-state index in [9.17, 15) is 4.79 Å². The third-order valence-corrected chi connectivity index (χ3v) is 6.19. The molecule has 1 amide bonds. The lowest BCUT2D eigenvalue weighted by atomic mass is 10.2. The van der Waals surface area contributed by atoms with E-state index in [1.54, 1.807) is 32.2 Å². The molecule has 31 heavy (non-hydrogen) atoms. The summed E-state index contributed by atoms with van der Waals surface area (Å²) in [5, 5.41) is 13.2. The third-order valence-electron chi connectivity index (χ3n) is 4.34. The van der Waals surface area contributed by atoms with Crippen molar-refractivity contribution in [1.82, 2.24) is 14.8 Å². The van der Waals surface area contributed by atoms with Crippen LogP contribution in [0.25, 0.3) is 11.4 Å². The number of rotatable bonds is 9. The van der Waals surface area contributed by atoms with Crippen LogP contribution < -0.4 is 5.32 Å². The zero-order valence-corrected chi connectivity index (χ0v) is 20.0. The van der Waals surface area contributed by atoms with Crippen LogP contribution in [0.15, 0.2) is 47.6 Å². The Hall–Kier alpha value is -1.77. The van der Waals surface area contributed by atoms with E-state index in [-0.39, 0.29) is 5.91 Å². The standard InChI is InChI=1S/C21H21Cl3N4O2S/c1-13(20(29)25-16-11-14(22)10-15(23)12-16)31-21-27-26-19(28(21)8-5-9-30-2)17-6-3-4-7-18(17)24/h3-4,6-7,10-13H,5,8-9H2,1-2H3,(H,25,29). The van der Waals surface area contributed by atoms with Gasteiger partial charge in [-0.15, -0.1) is 10.2 Å². The number of anilines is 1. The normalized spacial score (nSPS) is 12.0. The van der Waals surface area contributed by atoms with Gasteiger partial charge in [0.25, 0.3) is 0 Å². The van der Waals surface area contributed by atoms with Crippen molar-refractivity contribution < 1.29 is 9.53 Å². The lowest BCUT2D eigenvalue weighted by Crippen LogP contribution is -2.23. The Morgan fingerprint density at radius 2 is 1.87 bits per heavy atom. The lowest BCUT2D eigenvalue weighted by Gasteiger charge is -2.14. The van der Waals surface area contributed by atoms with E-state index in [0.29, 0.717) is 44.9 Å². The molecular weight excluding hydrogens is 479 g/mol. The number of hydrogen-bond donors (Lipinski definition) is 1. The summed E-state index contributed by atoms with van der Waals surface area (Å²) in [4.78, 5) is 12.7. The molecule has 2 aromatic carbocycles. The van der Waals surface area contributed by atoms with Crippen molar-refractivity contribution in [2.75, 3.05) is 19.0 Å². The zero-order chi connectivity index (χ0) is 22.4. The molecule has 6 nitrogen and oxygen atoms in total. The Labute approximate surface area is 200 Å². The Morgan fingerprint density at radius 3 is 2.55 bits per heavy atom. The number of hydrogen-bond acceptors (Lipinski definition) is 5. The molecule has 1 unspecified atom stereocenters. The minimum absolute atomic E-state index is 0.200. The molecule has 0 spiro atoms. The third kappa shape index (κ3) is 6.37. The first kappa shape index (κ1) is 23.9. The van der Waals surface area contributed by atoms with Crippen LogP contribution in [0.3, 0.4) is 0 Å². The van der Waals surface area contributed by atoms with Crippen LogP contribution in [0.4, 0.5) is 5.69 Å². The van der Waals surface area contributed by atoms with Gasteiger partial charge in [-0.25, -0.2) is 0 Å². The molecule has 0 bridgehead atoms. The number of benzene rings is 2. The average molecular weight is 500 g/mol. The molecule has 1 aromatic heterocycles. The van der Waals surface area contributed by atoms with E-state index in [2.05, 4.69) is 15.5 Å². The monoisotopic (exact) mass is 498 g/mol. The number of halogens is 3.